The van der Waals surface area contributed by atoms with Crippen LogP contribution in [0.15, 0.2) is 42.7 Å². The van der Waals surface area contributed by atoms with Crippen LogP contribution in [0.25, 0.3) is 10.9 Å². The van der Waals surface area contributed by atoms with Crippen LogP contribution in [0.2, 0.25) is 0 Å². The van der Waals surface area contributed by atoms with Gasteiger partial charge in [-0.25, -0.2) is 14.4 Å². The topological polar surface area (TPSA) is 37.8 Å². The van der Waals surface area contributed by atoms with Crippen molar-refractivity contribution in [3.63, 3.8) is 0 Å². The average Bonchev–Trinajstić information content (AvgIpc) is 2.50. The minimum Gasteiger partial charge on any atom is -0.340 e. The zero-order chi connectivity index (χ0) is 14.8. The first-order chi connectivity index (χ1) is 10.2. The van der Waals surface area contributed by atoms with Crippen molar-refractivity contribution in [2.75, 3.05) is 5.32 Å². The molecule has 0 fully saturated rings. The van der Waals surface area contributed by atoms with E-state index in [1.165, 1.54) is 12.4 Å². The predicted molar refractivity (Wildman–Crippen MR) is 89.9 cm³/mol. The second kappa shape index (κ2) is 5.66. The summed E-state index contributed by atoms with van der Waals surface area (Å²) in [6.07, 6.45) is 6.77. The molecule has 0 spiro atoms. The van der Waals surface area contributed by atoms with Gasteiger partial charge in [-0.05, 0) is 59.0 Å². The Bertz CT molecular complexity index is 871. The molecule has 3 rings (SSSR count). The predicted octanol–water partition coefficient (Wildman–Crippen LogP) is 4.10. The standard InChI is InChI=1S/C16H9FIN3/c1-2-10-7-12(4-5-14(10)17)21-16-13-8-11(18)3-6-15(13)19-9-20-16/h1,3-9H,(H,19,20,21). The van der Waals surface area contributed by atoms with Crippen LogP contribution >= 0.6 is 22.6 Å². The molecule has 1 aromatic heterocycles. The average molecular weight is 389 g/mol. The molecule has 0 saturated heterocycles. The maximum absolute atomic E-state index is 13.4. The molecule has 0 radical (unpaired) electrons. The van der Waals surface area contributed by atoms with E-state index in [1.807, 2.05) is 18.2 Å². The molecule has 0 aliphatic rings. The number of fused-ring (bicyclic) bond motifs is 1. The molecule has 0 amide bonds. The highest BCUT2D eigenvalue weighted by Gasteiger charge is 2.06. The third-order valence-electron chi connectivity index (χ3n) is 2.98. The Hall–Kier alpha value is -2.20. The molecule has 0 bridgehead atoms. The Morgan fingerprint density at radius 2 is 2.00 bits per heavy atom. The molecule has 0 unspecified atom stereocenters. The first kappa shape index (κ1) is 13.8. The number of aromatic nitrogens is 2. The lowest BCUT2D eigenvalue weighted by molar-refractivity contribution is 0.624. The quantitative estimate of drug-likeness (QED) is 0.530. The number of nitrogens with zero attached hydrogens (tertiary/aromatic N) is 2. The van der Waals surface area contributed by atoms with Crippen LogP contribution < -0.4 is 5.32 Å². The number of anilines is 2. The van der Waals surface area contributed by atoms with Crippen LogP contribution in [-0.2, 0) is 0 Å². The smallest absolute Gasteiger partial charge is 0.141 e. The Labute approximate surface area is 134 Å². The van der Waals surface area contributed by atoms with Crippen LogP contribution in [0.4, 0.5) is 15.9 Å². The zero-order valence-electron chi connectivity index (χ0n) is 10.8. The summed E-state index contributed by atoms with van der Waals surface area (Å²) < 4.78 is 14.5. The van der Waals surface area contributed by atoms with Crippen molar-refractivity contribution in [1.29, 1.82) is 0 Å². The van der Waals surface area contributed by atoms with Crippen LogP contribution in [0.5, 0.6) is 0 Å². The summed E-state index contributed by atoms with van der Waals surface area (Å²) in [5, 5.41) is 4.06. The molecule has 102 valence electrons. The highest BCUT2D eigenvalue weighted by molar-refractivity contribution is 14.1. The molecule has 5 heteroatoms. The van der Waals surface area contributed by atoms with E-state index in [0.29, 0.717) is 11.5 Å². The Morgan fingerprint density at radius 1 is 1.14 bits per heavy atom. The van der Waals surface area contributed by atoms with Crippen LogP contribution in [0.3, 0.4) is 0 Å². The molecule has 3 aromatic rings. The summed E-state index contributed by atoms with van der Waals surface area (Å²) in [5.41, 5.74) is 1.74. The highest BCUT2D eigenvalue weighted by atomic mass is 127. The first-order valence-corrected chi connectivity index (χ1v) is 7.19. The lowest BCUT2D eigenvalue weighted by atomic mass is 10.2. The van der Waals surface area contributed by atoms with Crippen molar-refractivity contribution in [2.45, 2.75) is 0 Å². The van der Waals surface area contributed by atoms with Crippen LogP contribution in [0.1, 0.15) is 5.56 Å². The fraction of sp³-hybridized carbons (Fsp3) is 0. The summed E-state index contributed by atoms with van der Waals surface area (Å²) in [5.74, 6) is 2.57. The molecular weight excluding hydrogens is 380 g/mol. The fourth-order valence-corrected chi connectivity index (χ4v) is 2.47. The Kier molecular flexibility index (Phi) is 3.71. The molecule has 0 aliphatic carbocycles. The van der Waals surface area contributed by atoms with Gasteiger partial charge in [0.2, 0.25) is 0 Å². The van der Waals surface area contributed by atoms with Gasteiger partial charge in [0.1, 0.15) is 18.0 Å². The van der Waals surface area contributed by atoms with E-state index in [4.69, 9.17) is 6.42 Å². The fourth-order valence-electron chi connectivity index (χ4n) is 1.98. The van der Waals surface area contributed by atoms with Gasteiger partial charge in [0.15, 0.2) is 0 Å². The van der Waals surface area contributed by atoms with E-state index in [-0.39, 0.29) is 5.56 Å². The molecule has 2 aromatic carbocycles. The largest absolute Gasteiger partial charge is 0.340 e. The number of benzene rings is 2. The number of nitrogens with one attached hydrogen (secondary N) is 1. The Balaban J connectivity index is 2.06. The molecule has 0 atom stereocenters. The third kappa shape index (κ3) is 2.81. The van der Waals surface area contributed by atoms with Crippen molar-refractivity contribution >= 4 is 45.0 Å². The summed E-state index contributed by atoms with van der Waals surface area (Å²) in [6.45, 7) is 0. The van der Waals surface area contributed by atoms with E-state index in [1.54, 1.807) is 12.1 Å². The monoisotopic (exact) mass is 389 g/mol. The van der Waals surface area contributed by atoms with Crippen LogP contribution in [0, 0.1) is 21.7 Å². The number of rotatable bonds is 2. The maximum Gasteiger partial charge on any atom is 0.141 e. The SMILES string of the molecule is C#Cc1cc(Nc2ncnc3ccc(I)cc23)ccc1F. The van der Waals surface area contributed by atoms with E-state index < -0.39 is 5.82 Å². The minimum atomic E-state index is -0.412. The van der Waals surface area contributed by atoms with Gasteiger partial charge in [0, 0.05) is 14.6 Å². The van der Waals surface area contributed by atoms with Crippen molar-refractivity contribution in [3.05, 3.63) is 57.7 Å². The number of terminal acetylenes is 1. The second-order valence-corrected chi connectivity index (χ2v) is 5.59. The van der Waals surface area contributed by atoms with Gasteiger partial charge >= 0.3 is 0 Å². The van der Waals surface area contributed by atoms with Gasteiger partial charge in [0.25, 0.3) is 0 Å². The van der Waals surface area contributed by atoms with Crippen molar-refractivity contribution in [3.8, 4) is 12.3 Å². The van der Waals surface area contributed by atoms with Gasteiger partial charge in [-0.1, -0.05) is 5.92 Å². The molecular formula is C16H9FIN3. The lowest BCUT2D eigenvalue weighted by Gasteiger charge is -2.09. The Morgan fingerprint density at radius 3 is 2.81 bits per heavy atom. The summed E-state index contributed by atoms with van der Waals surface area (Å²) in [6, 6.07) is 10.4. The molecule has 3 nitrogen and oxygen atoms in total. The molecule has 0 saturated carbocycles. The minimum absolute atomic E-state index is 0.216. The van der Waals surface area contributed by atoms with E-state index in [2.05, 4.69) is 43.8 Å². The van der Waals surface area contributed by atoms with Gasteiger partial charge in [0.05, 0.1) is 11.1 Å². The number of hydrogen-bond donors (Lipinski definition) is 1. The van der Waals surface area contributed by atoms with Crippen molar-refractivity contribution in [1.82, 2.24) is 9.97 Å². The molecule has 1 heterocycles. The third-order valence-corrected chi connectivity index (χ3v) is 3.65. The summed E-state index contributed by atoms with van der Waals surface area (Å²) >= 11 is 2.23. The van der Waals surface area contributed by atoms with Crippen molar-refractivity contribution < 1.29 is 4.39 Å². The van der Waals surface area contributed by atoms with E-state index in [0.717, 1.165) is 14.5 Å². The number of halogens is 2. The first-order valence-electron chi connectivity index (χ1n) is 6.11. The molecule has 0 aliphatic heterocycles. The summed E-state index contributed by atoms with van der Waals surface area (Å²) in [4.78, 5) is 8.48. The van der Waals surface area contributed by atoms with Gasteiger partial charge in [-0.2, -0.15) is 0 Å². The van der Waals surface area contributed by atoms with E-state index >= 15 is 0 Å². The van der Waals surface area contributed by atoms with Gasteiger partial charge in [-0.15, -0.1) is 6.42 Å². The number of hydrogen-bond acceptors (Lipinski definition) is 3. The van der Waals surface area contributed by atoms with Gasteiger partial charge < -0.3 is 5.32 Å². The van der Waals surface area contributed by atoms with E-state index in [9.17, 15) is 4.39 Å². The summed E-state index contributed by atoms with van der Waals surface area (Å²) in [7, 11) is 0. The molecule has 1 N–H and O–H groups in total. The second-order valence-electron chi connectivity index (χ2n) is 4.35. The zero-order valence-corrected chi connectivity index (χ0v) is 12.9. The van der Waals surface area contributed by atoms with Gasteiger partial charge in [-0.3, -0.25) is 0 Å². The normalized spacial score (nSPS) is 10.3. The van der Waals surface area contributed by atoms with Crippen LogP contribution in [-0.4, -0.2) is 9.97 Å². The lowest BCUT2D eigenvalue weighted by Crippen LogP contribution is -1.97. The van der Waals surface area contributed by atoms with Crippen molar-refractivity contribution in [2.24, 2.45) is 0 Å². The molecule has 21 heavy (non-hydrogen) atoms. The highest BCUT2D eigenvalue weighted by Crippen LogP contribution is 2.25. The maximum atomic E-state index is 13.4.